The summed E-state index contributed by atoms with van der Waals surface area (Å²) in [5.41, 5.74) is 0.547. The summed E-state index contributed by atoms with van der Waals surface area (Å²) in [4.78, 5) is 12.9. The Bertz CT molecular complexity index is 516. The van der Waals surface area contributed by atoms with Gasteiger partial charge >= 0.3 is 0 Å². The number of thioether (sulfide) groups is 1. The van der Waals surface area contributed by atoms with E-state index in [2.05, 4.69) is 5.32 Å². The van der Waals surface area contributed by atoms with Gasteiger partial charge in [-0.05, 0) is 24.3 Å². The van der Waals surface area contributed by atoms with Crippen molar-refractivity contribution in [3.63, 3.8) is 0 Å². The van der Waals surface area contributed by atoms with Gasteiger partial charge in [-0.2, -0.15) is 0 Å². The van der Waals surface area contributed by atoms with E-state index in [1.807, 2.05) is 36.4 Å². The lowest BCUT2D eigenvalue weighted by atomic mass is 10.2. The first-order valence-electron chi connectivity index (χ1n) is 5.97. The lowest BCUT2D eigenvalue weighted by Crippen LogP contribution is -2.36. The summed E-state index contributed by atoms with van der Waals surface area (Å²) in [6.07, 6.45) is -0.863. The number of carbonyl (C=O) groups is 1. The molecule has 2 aromatic rings. The number of nitrogens with one attached hydrogen (secondary N) is 1. The Balaban J connectivity index is 1.81. The SMILES string of the molecule is O=C(NC(O)CSc1ccccc1)c1ccccc1. The van der Waals surface area contributed by atoms with Crippen molar-refractivity contribution < 1.29 is 9.90 Å². The highest BCUT2D eigenvalue weighted by atomic mass is 32.2. The second-order valence-electron chi connectivity index (χ2n) is 3.98. The molecule has 0 aliphatic rings. The van der Waals surface area contributed by atoms with E-state index in [1.165, 1.54) is 11.8 Å². The molecule has 0 bridgehead atoms. The fourth-order valence-electron chi connectivity index (χ4n) is 1.56. The van der Waals surface area contributed by atoms with E-state index >= 15 is 0 Å². The molecule has 19 heavy (non-hydrogen) atoms. The quantitative estimate of drug-likeness (QED) is 0.650. The molecule has 2 aromatic carbocycles. The highest BCUT2D eigenvalue weighted by molar-refractivity contribution is 7.99. The first-order valence-corrected chi connectivity index (χ1v) is 6.96. The molecule has 1 unspecified atom stereocenters. The van der Waals surface area contributed by atoms with Crippen LogP contribution in [0.3, 0.4) is 0 Å². The third-order valence-electron chi connectivity index (χ3n) is 2.48. The van der Waals surface area contributed by atoms with E-state index in [4.69, 9.17) is 0 Å². The predicted molar refractivity (Wildman–Crippen MR) is 77.1 cm³/mol. The van der Waals surface area contributed by atoms with Crippen LogP contribution in [0.4, 0.5) is 0 Å². The molecular formula is C15H15NO2S. The smallest absolute Gasteiger partial charge is 0.253 e. The minimum Gasteiger partial charge on any atom is -0.373 e. The number of carbonyl (C=O) groups excluding carboxylic acids is 1. The number of hydrogen-bond acceptors (Lipinski definition) is 3. The van der Waals surface area contributed by atoms with Crippen LogP contribution in [0.25, 0.3) is 0 Å². The molecule has 0 aliphatic heterocycles. The van der Waals surface area contributed by atoms with Gasteiger partial charge in [0.15, 0.2) is 0 Å². The van der Waals surface area contributed by atoms with Gasteiger partial charge in [-0.1, -0.05) is 36.4 Å². The fourth-order valence-corrected chi connectivity index (χ4v) is 2.34. The van der Waals surface area contributed by atoms with Crippen molar-refractivity contribution in [3.8, 4) is 0 Å². The maximum absolute atomic E-state index is 11.8. The standard InChI is InChI=1S/C15H15NO2S/c17-14(11-19-13-9-5-2-6-10-13)16-15(18)12-7-3-1-4-8-12/h1-10,14,17H,11H2,(H,16,18). The Morgan fingerprint density at radius 2 is 1.63 bits per heavy atom. The minimum atomic E-state index is -0.863. The largest absolute Gasteiger partial charge is 0.373 e. The Morgan fingerprint density at radius 3 is 2.26 bits per heavy atom. The molecule has 0 saturated carbocycles. The number of rotatable bonds is 5. The average molecular weight is 273 g/mol. The van der Waals surface area contributed by atoms with E-state index in [0.29, 0.717) is 11.3 Å². The lowest BCUT2D eigenvalue weighted by Gasteiger charge is -2.12. The first kappa shape index (κ1) is 13.6. The second-order valence-corrected chi connectivity index (χ2v) is 5.07. The molecule has 0 radical (unpaired) electrons. The Hall–Kier alpha value is -1.78. The zero-order chi connectivity index (χ0) is 13.5. The molecule has 0 aromatic heterocycles. The van der Waals surface area contributed by atoms with Gasteiger partial charge in [0.05, 0.1) is 0 Å². The number of aliphatic hydroxyl groups excluding tert-OH is 1. The molecule has 3 nitrogen and oxygen atoms in total. The van der Waals surface area contributed by atoms with E-state index in [1.54, 1.807) is 24.3 Å². The summed E-state index contributed by atoms with van der Waals surface area (Å²) in [5, 5.41) is 12.4. The minimum absolute atomic E-state index is 0.262. The molecule has 0 saturated heterocycles. The molecule has 2 rings (SSSR count). The summed E-state index contributed by atoms with van der Waals surface area (Å²) in [6.45, 7) is 0. The summed E-state index contributed by atoms with van der Waals surface area (Å²) in [6, 6.07) is 18.6. The summed E-state index contributed by atoms with van der Waals surface area (Å²) in [5.74, 6) is 0.157. The van der Waals surface area contributed by atoms with Crippen LogP contribution in [0.2, 0.25) is 0 Å². The number of benzene rings is 2. The first-order chi connectivity index (χ1) is 9.25. The average Bonchev–Trinajstić information content (AvgIpc) is 2.47. The van der Waals surface area contributed by atoms with Gasteiger partial charge in [0.25, 0.3) is 5.91 Å². The van der Waals surface area contributed by atoms with Crippen molar-refractivity contribution in [1.82, 2.24) is 5.32 Å². The van der Waals surface area contributed by atoms with Crippen LogP contribution in [0.5, 0.6) is 0 Å². The predicted octanol–water partition coefficient (Wildman–Crippen LogP) is 2.53. The second kappa shape index (κ2) is 6.97. The normalized spacial score (nSPS) is 11.8. The molecule has 0 aliphatic carbocycles. The number of amides is 1. The van der Waals surface area contributed by atoms with E-state index in [0.717, 1.165) is 4.90 Å². The third-order valence-corrected chi connectivity index (χ3v) is 3.57. The maximum atomic E-state index is 11.8. The van der Waals surface area contributed by atoms with Gasteiger partial charge in [0.2, 0.25) is 0 Å². The van der Waals surface area contributed by atoms with E-state index < -0.39 is 6.23 Å². The Labute approximate surface area is 116 Å². The maximum Gasteiger partial charge on any atom is 0.253 e. The summed E-state index contributed by atoms with van der Waals surface area (Å²) >= 11 is 1.50. The van der Waals surface area contributed by atoms with Gasteiger partial charge in [0, 0.05) is 16.2 Å². The molecule has 1 amide bonds. The van der Waals surface area contributed by atoms with E-state index in [-0.39, 0.29) is 5.91 Å². The van der Waals surface area contributed by atoms with Crippen molar-refractivity contribution in [2.45, 2.75) is 11.1 Å². The Morgan fingerprint density at radius 1 is 1.05 bits per heavy atom. The Kier molecular flexibility index (Phi) is 5.01. The fraction of sp³-hybridized carbons (Fsp3) is 0.133. The topological polar surface area (TPSA) is 49.3 Å². The van der Waals surface area contributed by atoms with Crippen molar-refractivity contribution in [2.75, 3.05) is 5.75 Å². The van der Waals surface area contributed by atoms with Crippen LogP contribution >= 0.6 is 11.8 Å². The van der Waals surface area contributed by atoms with Crippen molar-refractivity contribution in [2.24, 2.45) is 0 Å². The summed E-state index contributed by atoms with van der Waals surface area (Å²) in [7, 11) is 0. The molecule has 0 fully saturated rings. The third kappa shape index (κ3) is 4.43. The molecular weight excluding hydrogens is 258 g/mol. The van der Waals surface area contributed by atoms with Gasteiger partial charge in [0.1, 0.15) is 6.23 Å². The van der Waals surface area contributed by atoms with Gasteiger partial charge in [-0.25, -0.2) is 0 Å². The van der Waals surface area contributed by atoms with Crippen molar-refractivity contribution in [3.05, 3.63) is 66.2 Å². The van der Waals surface area contributed by atoms with Crippen LogP contribution < -0.4 is 5.32 Å². The highest BCUT2D eigenvalue weighted by Gasteiger charge is 2.10. The molecule has 0 spiro atoms. The number of hydrogen-bond donors (Lipinski definition) is 2. The van der Waals surface area contributed by atoms with Crippen LogP contribution in [0, 0.1) is 0 Å². The van der Waals surface area contributed by atoms with Crippen LogP contribution in [0.1, 0.15) is 10.4 Å². The number of aliphatic hydroxyl groups is 1. The van der Waals surface area contributed by atoms with E-state index in [9.17, 15) is 9.90 Å². The monoisotopic (exact) mass is 273 g/mol. The summed E-state index contributed by atoms with van der Waals surface area (Å²) < 4.78 is 0. The van der Waals surface area contributed by atoms with Crippen LogP contribution in [-0.4, -0.2) is 23.0 Å². The molecule has 98 valence electrons. The lowest BCUT2D eigenvalue weighted by molar-refractivity contribution is 0.0825. The zero-order valence-corrected chi connectivity index (χ0v) is 11.1. The van der Waals surface area contributed by atoms with Gasteiger partial charge in [-0.15, -0.1) is 11.8 Å². The zero-order valence-electron chi connectivity index (χ0n) is 10.3. The van der Waals surface area contributed by atoms with Gasteiger partial charge in [-0.3, -0.25) is 4.79 Å². The highest BCUT2D eigenvalue weighted by Crippen LogP contribution is 2.17. The van der Waals surface area contributed by atoms with Crippen molar-refractivity contribution in [1.29, 1.82) is 0 Å². The van der Waals surface area contributed by atoms with Gasteiger partial charge < -0.3 is 10.4 Å². The van der Waals surface area contributed by atoms with Crippen LogP contribution in [0.15, 0.2) is 65.6 Å². The van der Waals surface area contributed by atoms with Crippen LogP contribution in [-0.2, 0) is 0 Å². The molecule has 2 N–H and O–H groups in total. The molecule has 0 heterocycles. The molecule has 1 atom stereocenters. The van der Waals surface area contributed by atoms with Crippen molar-refractivity contribution >= 4 is 17.7 Å². The molecule has 4 heteroatoms.